The molecule has 1 N–H and O–H groups in total. The summed E-state index contributed by atoms with van der Waals surface area (Å²) in [6.07, 6.45) is 1.12. The van der Waals surface area contributed by atoms with Crippen molar-refractivity contribution in [3.05, 3.63) is 28.8 Å². The Morgan fingerprint density at radius 2 is 1.81 bits per heavy atom. The lowest BCUT2D eigenvalue weighted by atomic mass is 10.0. The van der Waals surface area contributed by atoms with E-state index in [-0.39, 0.29) is 11.4 Å². The van der Waals surface area contributed by atoms with Crippen molar-refractivity contribution in [3.63, 3.8) is 0 Å². The van der Waals surface area contributed by atoms with Gasteiger partial charge >= 0.3 is 5.97 Å². The van der Waals surface area contributed by atoms with Gasteiger partial charge in [-0.05, 0) is 56.4 Å². The van der Waals surface area contributed by atoms with E-state index in [0.29, 0.717) is 24.9 Å². The molecule has 0 aromatic heterocycles. The molecule has 0 amide bonds. The van der Waals surface area contributed by atoms with Gasteiger partial charge in [0, 0.05) is 13.1 Å². The van der Waals surface area contributed by atoms with Gasteiger partial charge in [0.2, 0.25) is 10.0 Å². The summed E-state index contributed by atoms with van der Waals surface area (Å²) in [5.74, 6) is -1.54. The summed E-state index contributed by atoms with van der Waals surface area (Å²) >= 11 is 0. The number of sulfonamides is 1. The molecule has 1 unspecified atom stereocenters. The summed E-state index contributed by atoms with van der Waals surface area (Å²) in [6, 6.07) is 3.55. The highest BCUT2D eigenvalue weighted by Gasteiger charge is 2.34. The van der Waals surface area contributed by atoms with Crippen LogP contribution in [-0.2, 0) is 14.8 Å². The molecule has 1 aliphatic heterocycles. The number of rotatable bonds is 3. The summed E-state index contributed by atoms with van der Waals surface area (Å²) in [5.41, 5.74) is 2.68. The van der Waals surface area contributed by atoms with E-state index in [9.17, 15) is 13.2 Å². The quantitative estimate of drug-likeness (QED) is 0.927. The van der Waals surface area contributed by atoms with Gasteiger partial charge in [-0.2, -0.15) is 4.31 Å². The Bertz CT molecular complexity index is 666. The smallest absolute Gasteiger partial charge is 0.307 e. The fourth-order valence-corrected chi connectivity index (χ4v) is 4.53. The number of carbonyl (C=O) groups is 1. The maximum Gasteiger partial charge on any atom is 0.307 e. The molecule has 2 rings (SSSR count). The van der Waals surface area contributed by atoms with Gasteiger partial charge in [-0.3, -0.25) is 4.79 Å². The predicted octanol–water partition coefficient (Wildman–Crippen LogP) is 2.10. The molecular weight excluding hydrogens is 290 g/mol. The van der Waals surface area contributed by atoms with E-state index in [4.69, 9.17) is 5.11 Å². The molecule has 1 aromatic rings. The van der Waals surface area contributed by atoms with Crippen LogP contribution in [0.2, 0.25) is 0 Å². The van der Waals surface area contributed by atoms with Crippen LogP contribution >= 0.6 is 0 Å². The standard InChI is InChI=1S/C15H21NO4S/c1-10-7-12(3)14(8-11(10)2)21(19,20)16-6-4-5-13(9-16)15(17)18/h7-8,13H,4-6,9H2,1-3H3,(H,17,18). The molecule has 6 heteroatoms. The van der Waals surface area contributed by atoms with Crippen LogP contribution in [0.5, 0.6) is 0 Å². The number of piperidine rings is 1. The maximum atomic E-state index is 12.8. The van der Waals surface area contributed by atoms with E-state index in [1.807, 2.05) is 19.9 Å². The molecule has 5 nitrogen and oxygen atoms in total. The lowest BCUT2D eigenvalue weighted by molar-refractivity contribution is -0.142. The molecule has 0 bridgehead atoms. The molecule has 0 aliphatic carbocycles. The van der Waals surface area contributed by atoms with E-state index < -0.39 is 21.9 Å². The minimum atomic E-state index is -3.63. The normalized spacial score (nSPS) is 20.4. The SMILES string of the molecule is Cc1cc(C)c(S(=O)(=O)N2CCCC(C(=O)O)C2)cc1C. The van der Waals surface area contributed by atoms with Gasteiger partial charge in [-0.25, -0.2) is 8.42 Å². The number of hydrogen-bond donors (Lipinski definition) is 1. The fourth-order valence-electron chi connectivity index (χ4n) is 2.71. The zero-order chi connectivity index (χ0) is 15.8. The molecule has 21 heavy (non-hydrogen) atoms. The minimum Gasteiger partial charge on any atom is -0.481 e. The largest absolute Gasteiger partial charge is 0.481 e. The van der Waals surface area contributed by atoms with Crippen molar-refractivity contribution in [2.75, 3.05) is 13.1 Å². The summed E-state index contributed by atoms with van der Waals surface area (Å²) in [5, 5.41) is 9.11. The van der Waals surface area contributed by atoms with Gasteiger partial charge in [0.05, 0.1) is 10.8 Å². The number of nitrogens with zero attached hydrogens (tertiary/aromatic N) is 1. The number of carboxylic acid groups (broad SMARTS) is 1. The number of aryl methyl sites for hydroxylation is 3. The molecule has 0 saturated carbocycles. The first-order valence-corrected chi connectivity index (χ1v) is 8.48. The van der Waals surface area contributed by atoms with Gasteiger partial charge in [0.15, 0.2) is 0 Å². The Balaban J connectivity index is 2.38. The average Bonchev–Trinajstić information content (AvgIpc) is 2.42. The van der Waals surface area contributed by atoms with E-state index in [1.165, 1.54) is 4.31 Å². The summed E-state index contributed by atoms with van der Waals surface area (Å²) in [6.45, 7) is 6.05. The summed E-state index contributed by atoms with van der Waals surface area (Å²) in [7, 11) is -3.63. The third-order valence-electron chi connectivity index (χ3n) is 4.14. The first kappa shape index (κ1) is 16.0. The Morgan fingerprint density at radius 1 is 1.19 bits per heavy atom. The number of hydrogen-bond acceptors (Lipinski definition) is 3. The molecule has 1 atom stereocenters. The molecule has 1 aliphatic rings. The van der Waals surface area contributed by atoms with Gasteiger partial charge in [-0.1, -0.05) is 6.07 Å². The van der Waals surface area contributed by atoms with Crippen molar-refractivity contribution < 1.29 is 18.3 Å². The maximum absolute atomic E-state index is 12.8. The number of aliphatic carboxylic acids is 1. The Kier molecular flexibility index (Phi) is 4.39. The van der Waals surface area contributed by atoms with Crippen molar-refractivity contribution in [2.45, 2.75) is 38.5 Å². The molecule has 1 saturated heterocycles. The van der Waals surface area contributed by atoms with Crippen molar-refractivity contribution in [3.8, 4) is 0 Å². The minimum absolute atomic E-state index is 0.0596. The zero-order valence-corrected chi connectivity index (χ0v) is 13.4. The first-order valence-electron chi connectivity index (χ1n) is 7.04. The highest BCUT2D eigenvalue weighted by Crippen LogP contribution is 2.27. The topological polar surface area (TPSA) is 74.7 Å². The zero-order valence-electron chi connectivity index (χ0n) is 12.6. The second-order valence-corrected chi connectivity index (χ2v) is 7.65. The molecule has 1 fully saturated rings. The van der Waals surface area contributed by atoms with Crippen LogP contribution in [0.4, 0.5) is 0 Å². The van der Waals surface area contributed by atoms with Crippen LogP contribution < -0.4 is 0 Å². The Labute approximate surface area is 125 Å². The molecule has 0 spiro atoms. The molecule has 0 radical (unpaired) electrons. The van der Waals surface area contributed by atoms with Crippen LogP contribution in [0.25, 0.3) is 0 Å². The molecule has 1 heterocycles. The van der Waals surface area contributed by atoms with Crippen molar-refractivity contribution in [2.24, 2.45) is 5.92 Å². The monoisotopic (exact) mass is 311 g/mol. The van der Waals surface area contributed by atoms with Crippen LogP contribution in [0.15, 0.2) is 17.0 Å². The van der Waals surface area contributed by atoms with Gasteiger partial charge in [0.25, 0.3) is 0 Å². The summed E-state index contributed by atoms with van der Waals surface area (Å²) < 4.78 is 26.9. The van der Waals surface area contributed by atoms with E-state index in [1.54, 1.807) is 13.0 Å². The van der Waals surface area contributed by atoms with Gasteiger partial charge in [-0.15, -0.1) is 0 Å². The second-order valence-electron chi connectivity index (χ2n) is 5.74. The molecule has 116 valence electrons. The Morgan fingerprint density at radius 3 is 2.43 bits per heavy atom. The first-order chi connectivity index (χ1) is 9.73. The molecular formula is C15H21NO4S. The van der Waals surface area contributed by atoms with Crippen molar-refractivity contribution >= 4 is 16.0 Å². The predicted molar refractivity (Wildman–Crippen MR) is 79.8 cm³/mol. The fraction of sp³-hybridized carbons (Fsp3) is 0.533. The number of carboxylic acids is 1. The van der Waals surface area contributed by atoms with E-state index in [0.717, 1.165) is 11.1 Å². The van der Waals surface area contributed by atoms with Crippen LogP contribution in [0.3, 0.4) is 0 Å². The van der Waals surface area contributed by atoms with Crippen LogP contribution in [0, 0.1) is 26.7 Å². The third-order valence-corrected chi connectivity index (χ3v) is 6.15. The lowest BCUT2D eigenvalue weighted by Crippen LogP contribution is -2.42. The lowest BCUT2D eigenvalue weighted by Gasteiger charge is -2.30. The van der Waals surface area contributed by atoms with E-state index >= 15 is 0 Å². The molecule has 1 aromatic carbocycles. The number of benzene rings is 1. The van der Waals surface area contributed by atoms with Crippen LogP contribution in [0.1, 0.15) is 29.5 Å². The van der Waals surface area contributed by atoms with Crippen molar-refractivity contribution in [1.29, 1.82) is 0 Å². The highest BCUT2D eigenvalue weighted by atomic mass is 32.2. The Hall–Kier alpha value is -1.40. The van der Waals surface area contributed by atoms with Crippen LogP contribution in [-0.4, -0.2) is 36.9 Å². The van der Waals surface area contributed by atoms with Gasteiger partial charge < -0.3 is 5.11 Å². The summed E-state index contributed by atoms with van der Waals surface area (Å²) in [4.78, 5) is 11.4. The van der Waals surface area contributed by atoms with Crippen molar-refractivity contribution in [1.82, 2.24) is 4.31 Å². The highest BCUT2D eigenvalue weighted by molar-refractivity contribution is 7.89. The van der Waals surface area contributed by atoms with E-state index in [2.05, 4.69) is 0 Å². The van der Waals surface area contributed by atoms with Gasteiger partial charge in [0.1, 0.15) is 0 Å². The second kappa shape index (κ2) is 5.77. The average molecular weight is 311 g/mol. The third kappa shape index (κ3) is 3.11.